The SMILES string of the molecule is CC.CC=C1N(CCCC)c2ccc(C)c(/C=C\CC)c2C1(C)C. The molecule has 0 spiro atoms. The molecule has 0 N–H and O–H groups in total. The molecule has 1 aliphatic rings. The van der Waals surface area contributed by atoms with Crippen LogP contribution < -0.4 is 4.90 Å². The molecule has 0 bridgehead atoms. The largest absolute Gasteiger partial charge is 0.344 e. The van der Waals surface area contributed by atoms with Gasteiger partial charge in [-0.25, -0.2) is 0 Å². The van der Waals surface area contributed by atoms with Gasteiger partial charge in [-0.2, -0.15) is 0 Å². The van der Waals surface area contributed by atoms with Gasteiger partial charge in [-0.15, -0.1) is 0 Å². The highest BCUT2D eigenvalue weighted by Gasteiger charge is 2.41. The highest BCUT2D eigenvalue weighted by molar-refractivity contribution is 5.78. The molecule has 1 heteroatoms. The van der Waals surface area contributed by atoms with Crippen LogP contribution in [-0.4, -0.2) is 6.54 Å². The van der Waals surface area contributed by atoms with Crippen molar-refractivity contribution in [2.45, 2.75) is 80.1 Å². The van der Waals surface area contributed by atoms with Gasteiger partial charge < -0.3 is 4.90 Å². The Morgan fingerprint density at radius 2 is 1.79 bits per heavy atom. The Balaban J connectivity index is 0.00000139. The van der Waals surface area contributed by atoms with E-state index >= 15 is 0 Å². The number of aryl methyl sites for hydroxylation is 1. The summed E-state index contributed by atoms with van der Waals surface area (Å²) in [6, 6.07) is 4.60. The van der Waals surface area contributed by atoms with Gasteiger partial charge in [0.1, 0.15) is 0 Å². The van der Waals surface area contributed by atoms with E-state index in [0.717, 1.165) is 13.0 Å². The zero-order valence-electron chi connectivity index (χ0n) is 17.2. The van der Waals surface area contributed by atoms with Crippen LogP contribution in [0.1, 0.15) is 84.4 Å². The minimum absolute atomic E-state index is 0.0806. The molecule has 1 aromatic rings. The van der Waals surface area contributed by atoms with E-state index in [1.54, 1.807) is 0 Å². The van der Waals surface area contributed by atoms with E-state index < -0.39 is 0 Å². The molecular weight excluding hydrogens is 290 g/mol. The van der Waals surface area contributed by atoms with Gasteiger partial charge >= 0.3 is 0 Å². The first kappa shape index (κ1) is 20.5. The molecule has 134 valence electrons. The van der Waals surface area contributed by atoms with Crippen molar-refractivity contribution < 1.29 is 0 Å². The Kier molecular flexibility index (Phi) is 7.79. The molecule has 1 aromatic carbocycles. The molecule has 24 heavy (non-hydrogen) atoms. The third-order valence-corrected chi connectivity index (χ3v) is 4.82. The fraction of sp³-hybridized carbons (Fsp3) is 0.565. The van der Waals surface area contributed by atoms with Crippen LogP contribution in [0.3, 0.4) is 0 Å². The number of nitrogens with zero attached hydrogens (tertiary/aromatic N) is 1. The lowest BCUT2D eigenvalue weighted by Crippen LogP contribution is -2.27. The summed E-state index contributed by atoms with van der Waals surface area (Å²) >= 11 is 0. The van der Waals surface area contributed by atoms with Gasteiger partial charge in [-0.3, -0.25) is 0 Å². The first-order valence-electron chi connectivity index (χ1n) is 9.73. The van der Waals surface area contributed by atoms with Crippen LogP contribution in [-0.2, 0) is 5.41 Å². The van der Waals surface area contributed by atoms with Crippen LogP contribution in [0.5, 0.6) is 0 Å². The van der Waals surface area contributed by atoms with Crippen LogP contribution in [0.2, 0.25) is 0 Å². The Labute approximate surface area is 150 Å². The number of allylic oxidation sites excluding steroid dienone is 3. The first-order valence-corrected chi connectivity index (χ1v) is 9.73. The number of hydrogen-bond donors (Lipinski definition) is 0. The van der Waals surface area contributed by atoms with Crippen molar-refractivity contribution in [1.29, 1.82) is 0 Å². The molecule has 0 saturated heterocycles. The van der Waals surface area contributed by atoms with E-state index in [2.05, 4.69) is 76.8 Å². The molecule has 0 saturated carbocycles. The van der Waals surface area contributed by atoms with Crippen LogP contribution in [0, 0.1) is 6.92 Å². The standard InChI is InChI=1S/C21H31N.C2H6/c1-7-10-12-17-16(4)13-14-18-20(17)21(5,6)19(9-3)22(18)15-11-8-2;1-2/h9-10,12-14H,7-8,11,15H2,1-6H3;1-2H3/b12-10-,19-9?;. The van der Waals surface area contributed by atoms with E-state index in [-0.39, 0.29) is 5.41 Å². The quantitative estimate of drug-likeness (QED) is 0.550. The lowest BCUT2D eigenvalue weighted by atomic mass is 9.80. The fourth-order valence-electron chi connectivity index (χ4n) is 3.71. The average Bonchev–Trinajstić information content (AvgIpc) is 2.80. The molecule has 0 amide bonds. The van der Waals surface area contributed by atoms with Crippen LogP contribution in [0.4, 0.5) is 5.69 Å². The summed E-state index contributed by atoms with van der Waals surface area (Å²) in [7, 11) is 0. The second kappa shape index (κ2) is 9.11. The Bertz CT molecular complexity index is 590. The number of fused-ring (bicyclic) bond motifs is 1. The molecule has 1 aliphatic heterocycles. The lowest BCUT2D eigenvalue weighted by molar-refractivity contribution is 0.621. The van der Waals surface area contributed by atoms with Gasteiger partial charge in [0.15, 0.2) is 0 Å². The highest BCUT2D eigenvalue weighted by Crippen LogP contribution is 2.50. The number of benzene rings is 1. The van der Waals surface area contributed by atoms with Gasteiger partial charge in [-0.1, -0.05) is 72.3 Å². The Morgan fingerprint density at radius 3 is 2.33 bits per heavy atom. The minimum atomic E-state index is 0.0806. The summed E-state index contributed by atoms with van der Waals surface area (Å²) < 4.78 is 0. The lowest BCUT2D eigenvalue weighted by Gasteiger charge is -2.27. The van der Waals surface area contributed by atoms with Gasteiger partial charge in [0.05, 0.1) is 0 Å². The maximum atomic E-state index is 2.54. The fourth-order valence-corrected chi connectivity index (χ4v) is 3.71. The zero-order chi connectivity index (χ0) is 18.3. The van der Waals surface area contributed by atoms with Crippen molar-refractivity contribution in [1.82, 2.24) is 0 Å². The molecular formula is C23H37N. The molecule has 0 radical (unpaired) electrons. The smallest absolute Gasteiger partial charge is 0.0456 e. The summed E-state index contributed by atoms with van der Waals surface area (Å²) in [5.74, 6) is 0. The zero-order valence-corrected chi connectivity index (χ0v) is 17.2. The summed E-state index contributed by atoms with van der Waals surface area (Å²) in [6.07, 6.45) is 10.5. The van der Waals surface area contributed by atoms with E-state index in [0.29, 0.717) is 0 Å². The third-order valence-electron chi connectivity index (χ3n) is 4.82. The van der Waals surface area contributed by atoms with Crippen molar-refractivity contribution in [3.63, 3.8) is 0 Å². The van der Waals surface area contributed by atoms with Crippen LogP contribution in [0.25, 0.3) is 6.08 Å². The van der Waals surface area contributed by atoms with Crippen LogP contribution >= 0.6 is 0 Å². The van der Waals surface area contributed by atoms with E-state index in [1.165, 1.54) is 40.9 Å². The molecule has 0 aliphatic carbocycles. The van der Waals surface area contributed by atoms with Gasteiger partial charge in [0, 0.05) is 23.3 Å². The molecule has 0 atom stereocenters. The van der Waals surface area contributed by atoms with Crippen molar-refractivity contribution in [2.24, 2.45) is 0 Å². The Morgan fingerprint density at radius 1 is 1.12 bits per heavy atom. The molecule has 0 aromatic heterocycles. The van der Waals surface area contributed by atoms with Gasteiger partial charge in [-0.05, 0) is 49.4 Å². The second-order valence-electron chi connectivity index (χ2n) is 6.80. The maximum Gasteiger partial charge on any atom is 0.0456 e. The van der Waals surface area contributed by atoms with E-state index in [4.69, 9.17) is 0 Å². The molecule has 1 nitrogen and oxygen atoms in total. The maximum absolute atomic E-state index is 2.54. The summed E-state index contributed by atoms with van der Waals surface area (Å²) in [4.78, 5) is 2.54. The monoisotopic (exact) mass is 327 g/mol. The molecule has 0 unspecified atom stereocenters. The van der Waals surface area contributed by atoms with E-state index in [9.17, 15) is 0 Å². The Hall–Kier alpha value is -1.50. The molecule has 2 rings (SSSR count). The second-order valence-corrected chi connectivity index (χ2v) is 6.80. The summed E-state index contributed by atoms with van der Waals surface area (Å²) in [6.45, 7) is 18.7. The number of anilines is 1. The molecule has 1 heterocycles. The van der Waals surface area contributed by atoms with Crippen molar-refractivity contribution in [3.8, 4) is 0 Å². The average molecular weight is 328 g/mol. The molecule has 0 fully saturated rings. The van der Waals surface area contributed by atoms with Crippen molar-refractivity contribution in [3.05, 3.63) is 46.7 Å². The third kappa shape index (κ3) is 3.77. The minimum Gasteiger partial charge on any atom is -0.344 e. The number of rotatable bonds is 5. The van der Waals surface area contributed by atoms with Gasteiger partial charge in [0.25, 0.3) is 0 Å². The normalized spacial score (nSPS) is 17.2. The first-order chi connectivity index (χ1) is 11.5. The summed E-state index contributed by atoms with van der Waals surface area (Å²) in [5.41, 5.74) is 7.24. The van der Waals surface area contributed by atoms with Crippen molar-refractivity contribution >= 4 is 11.8 Å². The van der Waals surface area contributed by atoms with E-state index in [1.807, 2.05) is 13.8 Å². The van der Waals surface area contributed by atoms with Gasteiger partial charge in [0.2, 0.25) is 0 Å². The number of unbranched alkanes of at least 4 members (excludes halogenated alkanes) is 1. The van der Waals surface area contributed by atoms with Crippen LogP contribution in [0.15, 0.2) is 30.0 Å². The number of hydrogen-bond acceptors (Lipinski definition) is 1. The topological polar surface area (TPSA) is 3.24 Å². The highest BCUT2D eigenvalue weighted by atomic mass is 15.2. The predicted octanol–water partition coefficient (Wildman–Crippen LogP) is 7.25. The van der Waals surface area contributed by atoms with Crippen molar-refractivity contribution in [2.75, 3.05) is 11.4 Å². The summed E-state index contributed by atoms with van der Waals surface area (Å²) in [5, 5.41) is 0. The predicted molar refractivity (Wildman–Crippen MR) is 111 cm³/mol.